The van der Waals surface area contributed by atoms with Gasteiger partial charge in [-0.2, -0.15) is 0 Å². The van der Waals surface area contributed by atoms with Crippen LogP contribution in [0.25, 0.3) is 22.1 Å². The summed E-state index contributed by atoms with van der Waals surface area (Å²) < 4.78 is 16.6. The number of hydrogen-bond acceptors (Lipinski definition) is 4. The highest BCUT2D eigenvalue weighted by atomic mass is 16.5. The molecule has 0 aliphatic heterocycles. The van der Waals surface area contributed by atoms with Crippen LogP contribution in [0.3, 0.4) is 0 Å². The lowest BCUT2D eigenvalue weighted by Crippen LogP contribution is -1.99. The zero-order valence-corrected chi connectivity index (χ0v) is 14.8. The van der Waals surface area contributed by atoms with E-state index in [0.717, 1.165) is 27.8 Å². The number of benzene rings is 3. The topological polar surface area (TPSA) is 48.7 Å². The van der Waals surface area contributed by atoms with E-state index < -0.39 is 5.63 Å². The summed E-state index contributed by atoms with van der Waals surface area (Å²) in [4.78, 5) is 12.0. The van der Waals surface area contributed by atoms with Gasteiger partial charge in [0, 0.05) is 11.6 Å². The number of ether oxygens (including phenoxy) is 2. The van der Waals surface area contributed by atoms with Crippen LogP contribution in [0, 0.1) is 0 Å². The summed E-state index contributed by atoms with van der Waals surface area (Å²) in [6.07, 6.45) is 0. The molecule has 27 heavy (non-hydrogen) atoms. The Morgan fingerprint density at radius 3 is 2.41 bits per heavy atom. The third kappa shape index (κ3) is 3.55. The molecular weight excluding hydrogens is 340 g/mol. The van der Waals surface area contributed by atoms with Gasteiger partial charge in [0.2, 0.25) is 0 Å². The summed E-state index contributed by atoms with van der Waals surface area (Å²) in [7, 11) is 1.60. The smallest absolute Gasteiger partial charge is 0.336 e. The molecule has 0 radical (unpaired) electrons. The van der Waals surface area contributed by atoms with Crippen molar-refractivity contribution in [1.29, 1.82) is 0 Å². The molecule has 0 aliphatic carbocycles. The first-order valence-corrected chi connectivity index (χ1v) is 8.62. The summed E-state index contributed by atoms with van der Waals surface area (Å²) in [6, 6.07) is 24.6. The second kappa shape index (κ2) is 7.38. The highest BCUT2D eigenvalue weighted by molar-refractivity contribution is 5.97. The summed E-state index contributed by atoms with van der Waals surface area (Å²) in [5.41, 5.74) is 2.88. The molecule has 0 N–H and O–H groups in total. The average molecular weight is 358 g/mol. The Morgan fingerprint density at radius 1 is 0.889 bits per heavy atom. The summed E-state index contributed by atoms with van der Waals surface area (Å²) in [5, 5.41) is 0.776. The van der Waals surface area contributed by atoms with Gasteiger partial charge in [0.15, 0.2) is 0 Å². The lowest BCUT2D eigenvalue weighted by molar-refractivity contribution is 0.306. The van der Waals surface area contributed by atoms with Gasteiger partial charge in [0.25, 0.3) is 0 Å². The molecule has 4 nitrogen and oxygen atoms in total. The predicted octanol–water partition coefficient (Wildman–Crippen LogP) is 5.05. The Balaban J connectivity index is 1.67. The van der Waals surface area contributed by atoms with Crippen molar-refractivity contribution in [3.05, 3.63) is 94.8 Å². The molecule has 1 heterocycles. The highest BCUT2D eigenvalue weighted by Crippen LogP contribution is 2.34. The maximum atomic E-state index is 12.0. The van der Waals surface area contributed by atoms with E-state index in [0.29, 0.717) is 17.9 Å². The largest absolute Gasteiger partial charge is 0.496 e. The Morgan fingerprint density at radius 2 is 1.67 bits per heavy atom. The summed E-state index contributed by atoms with van der Waals surface area (Å²) in [5.74, 6) is 1.43. The van der Waals surface area contributed by atoms with Crippen LogP contribution in [-0.2, 0) is 6.61 Å². The molecule has 0 saturated carbocycles. The van der Waals surface area contributed by atoms with Crippen molar-refractivity contribution in [2.24, 2.45) is 0 Å². The first-order valence-electron chi connectivity index (χ1n) is 8.62. The zero-order valence-electron chi connectivity index (χ0n) is 14.8. The maximum Gasteiger partial charge on any atom is 0.336 e. The first-order chi connectivity index (χ1) is 13.2. The molecule has 0 unspecified atom stereocenters. The maximum absolute atomic E-state index is 12.0. The van der Waals surface area contributed by atoms with Crippen LogP contribution in [0.15, 0.2) is 88.1 Å². The van der Waals surface area contributed by atoms with Crippen LogP contribution in [0.5, 0.6) is 11.5 Å². The molecule has 4 rings (SSSR count). The minimum Gasteiger partial charge on any atom is -0.496 e. The van der Waals surface area contributed by atoms with Gasteiger partial charge in [0.05, 0.1) is 12.5 Å². The van der Waals surface area contributed by atoms with Crippen molar-refractivity contribution in [2.45, 2.75) is 6.61 Å². The lowest BCUT2D eigenvalue weighted by atomic mass is 10.0. The van der Waals surface area contributed by atoms with Gasteiger partial charge in [-0.3, -0.25) is 0 Å². The molecule has 1 aromatic heterocycles. The Kier molecular flexibility index (Phi) is 4.62. The van der Waals surface area contributed by atoms with Crippen molar-refractivity contribution in [2.75, 3.05) is 7.11 Å². The van der Waals surface area contributed by atoms with Crippen molar-refractivity contribution >= 4 is 11.0 Å². The fourth-order valence-corrected chi connectivity index (χ4v) is 3.06. The standard InChI is InChI=1S/C23H18O4/c1-25-20-8-5-9-21-23(20)19(14-22(24)27-21)17-10-12-18(13-11-17)26-15-16-6-3-2-4-7-16/h2-14H,15H2,1H3. The molecule has 0 fully saturated rings. The lowest BCUT2D eigenvalue weighted by Gasteiger charge is -2.11. The highest BCUT2D eigenvalue weighted by Gasteiger charge is 2.12. The average Bonchev–Trinajstić information content (AvgIpc) is 2.72. The monoisotopic (exact) mass is 358 g/mol. The quantitative estimate of drug-likeness (QED) is 0.469. The van der Waals surface area contributed by atoms with Crippen molar-refractivity contribution in [3.8, 4) is 22.6 Å². The van der Waals surface area contributed by atoms with E-state index in [1.165, 1.54) is 6.07 Å². The van der Waals surface area contributed by atoms with Gasteiger partial charge in [0.1, 0.15) is 23.7 Å². The van der Waals surface area contributed by atoms with Gasteiger partial charge < -0.3 is 13.9 Å². The van der Waals surface area contributed by atoms with Crippen molar-refractivity contribution in [3.63, 3.8) is 0 Å². The molecule has 0 saturated heterocycles. The molecule has 0 spiro atoms. The van der Waals surface area contributed by atoms with E-state index in [4.69, 9.17) is 13.9 Å². The molecule has 3 aromatic carbocycles. The second-order valence-corrected chi connectivity index (χ2v) is 6.11. The first kappa shape index (κ1) is 16.9. The molecule has 0 atom stereocenters. The Hall–Kier alpha value is -3.53. The number of hydrogen-bond donors (Lipinski definition) is 0. The van der Waals surface area contributed by atoms with Gasteiger partial charge in [-0.1, -0.05) is 48.5 Å². The van der Waals surface area contributed by atoms with Gasteiger partial charge in [-0.25, -0.2) is 4.79 Å². The van der Waals surface area contributed by atoms with Crippen LogP contribution >= 0.6 is 0 Å². The number of methoxy groups -OCH3 is 1. The van der Waals surface area contributed by atoms with Crippen LogP contribution < -0.4 is 15.1 Å². The van der Waals surface area contributed by atoms with Gasteiger partial charge in [-0.15, -0.1) is 0 Å². The molecule has 134 valence electrons. The van der Waals surface area contributed by atoms with Crippen LogP contribution in [0.1, 0.15) is 5.56 Å². The van der Waals surface area contributed by atoms with Gasteiger partial charge in [-0.05, 0) is 35.4 Å². The Bertz CT molecular complexity index is 1110. The second-order valence-electron chi connectivity index (χ2n) is 6.11. The van der Waals surface area contributed by atoms with E-state index in [2.05, 4.69) is 0 Å². The van der Waals surface area contributed by atoms with Crippen molar-refractivity contribution in [1.82, 2.24) is 0 Å². The summed E-state index contributed by atoms with van der Waals surface area (Å²) >= 11 is 0. The zero-order chi connectivity index (χ0) is 18.6. The Labute approximate surface area is 156 Å². The summed E-state index contributed by atoms with van der Waals surface area (Å²) in [6.45, 7) is 0.506. The minimum atomic E-state index is -0.393. The molecule has 4 heteroatoms. The molecule has 0 amide bonds. The van der Waals surface area contributed by atoms with Crippen LogP contribution in [0.2, 0.25) is 0 Å². The molecule has 4 aromatic rings. The minimum absolute atomic E-state index is 0.393. The van der Waals surface area contributed by atoms with E-state index in [1.54, 1.807) is 19.2 Å². The van der Waals surface area contributed by atoms with Gasteiger partial charge >= 0.3 is 5.63 Å². The number of rotatable bonds is 5. The normalized spacial score (nSPS) is 10.7. The molecule has 0 aliphatic rings. The fraction of sp³-hybridized carbons (Fsp3) is 0.0870. The molecular formula is C23H18O4. The molecule has 0 bridgehead atoms. The van der Waals surface area contributed by atoms with Crippen LogP contribution in [-0.4, -0.2) is 7.11 Å². The third-order valence-corrected chi connectivity index (χ3v) is 4.36. The van der Waals surface area contributed by atoms with E-state index in [1.807, 2.05) is 60.7 Å². The van der Waals surface area contributed by atoms with E-state index >= 15 is 0 Å². The van der Waals surface area contributed by atoms with E-state index in [-0.39, 0.29) is 0 Å². The fourth-order valence-electron chi connectivity index (χ4n) is 3.06. The predicted molar refractivity (Wildman–Crippen MR) is 105 cm³/mol. The SMILES string of the molecule is COc1cccc2oc(=O)cc(-c3ccc(OCc4ccccc4)cc3)c12. The van der Waals surface area contributed by atoms with Crippen LogP contribution in [0.4, 0.5) is 0 Å². The van der Waals surface area contributed by atoms with E-state index in [9.17, 15) is 4.79 Å². The third-order valence-electron chi connectivity index (χ3n) is 4.36. The number of fused-ring (bicyclic) bond motifs is 1. The van der Waals surface area contributed by atoms with Crippen molar-refractivity contribution < 1.29 is 13.9 Å².